The molecule has 4 nitrogen and oxygen atoms in total. The third-order valence-electron chi connectivity index (χ3n) is 1.87. The number of rotatable bonds is 3. The van der Waals surface area contributed by atoms with E-state index < -0.39 is 10.0 Å². The summed E-state index contributed by atoms with van der Waals surface area (Å²) < 4.78 is 26.1. The first-order valence-electron chi connectivity index (χ1n) is 5.18. The molecule has 17 heavy (non-hydrogen) atoms. The predicted octanol–water partition coefficient (Wildman–Crippen LogP) is 0.717. The van der Waals surface area contributed by atoms with Crippen molar-refractivity contribution in [3.05, 3.63) is 29.8 Å². The molecule has 0 saturated heterocycles. The van der Waals surface area contributed by atoms with Crippen molar-refractivity contribution in [2.75, 3.05) is 6.61 Å². The van der Waals surface area contributed by atoms with Gasteiger partial charge in [-0.25, -0.2) is 13.1 Å². The molecule has 92 valence electrons. The van der Waals surface area contributed by atoms with E-state index >= 15 is 0 Å². The van der Waals surface area contributed by atoms with Crippen molar-refractivity contribution in [2.45, 2.75) is 24.8 Å². The van der Waals surface area contributed by atoms with Gasteiger partial charge in [-0.1, -0.05) is 11.8 Å². The zero-order chi connectivity index (χ0) is 12.9. The lowest BCUT2D eigenvalue weighted by Gasteiger charge is -2.09. The molecule has 1 aromatic carbocycles. The summed E-state index contributed by atoms with van der Waals surface area (Å²) in [6.45, 7) is 3.31. The Bertz CT molecular complexity index is 521. The number of aliphatic hydroxyl groups excluding tert-OH is 1. The van der Waals surface area contributed by atoms with E-state index in [9.17, 15) is 8.42 Å². The van der Waals surface area contributed by atoms with Crippen LogP contribution in [0, 0.1) is 11.8 Å². The number of benzene rings is 1. The molecule has 0 saturated carbocycles. The average molecular weight is 253 g/mol. The minimum Gasteiger partial charge on any atom is -0.384 e. The molecule has 0 heterocycles. The van der Waals surface area contributed by atoms with Gasteiger partial charge in [0, 0.05) is 11.6 Å². The van der Waals surface area contributed by atoms with Crippen LogP contribution in [0.3, 0.4) is 0 Å². The molecule has 0 radical (unpaired) electrons. The van der Waals surface area contributed by atoms with Crippen LogP contribution in [0.4, 0.5) is 0 Å². The lowest BCUT2D eigenvalue weighted by Crippen LogP contribution is -2.30. The van der Waals surface area contributed by atoms with E-state index in [1.807, 2.05) is 0 Å². The molecular weight excluding hydrogens is 238 g/mol. The molecular formula is C12H15NO3S. The number of nitrogens with one attached hydrogen (secondary N) is 1. The number of sulfonamides is 1. The van der Waals surface area contributed by atoms with Gasteiger partial charge in [0.1, 0.15) is 6.61 Å². The SMILES string of the molecule is CC(C)NS(=O)(=O)c1ccc(C#CCO)cc1. The molecule has 0 spiro atoms. The monoisotopic (exact) mass is 253 g/mol. The van der Waals surface area contributed by atoms with Crippen LogP contribution >= 0.6 is 0 Å². The normalized spacial score (nSPS) is 11.1. The third-order valence-corrected chi connectivity index (χ3v) is 3.54. The molecule has 0 amide bonds. The summed E-state index contributed by atoms with van der Waals surface area (Å²) in [6.07, 6.45) is 0. The molecule has 1 rings (SSSR count). The first-order valence-corrected chi connectivity index (χ1v) is 6.66. The van der Waals surface area contributed by atoms with Crippen molar-refractivity contribution in [1.82, 2.24) is 4.72 Å². The van der Waals surface area contributed by atoms with Crippen molar-refractivity contribution in [1.29, 1.82) is 0 Å². The topological polar surface area (TPSA) is 66.4 Å². The highest BCUT2D eigenvalue weighted by molar-refractivity contribution is 7.89. The standard InChI is InChI=1S/C12H15NO3S/c1-10(2)13-17(15,16)12-7-5-11(6-8-12)4-3-9-14/h5-8,10,13-14H,9H2,1-2H3. The highest BCUT2D eigenvalue weighted by Crippen LogP contribution is 2.10. The van der Waals surface area contributed by atoms with Gasteiger partial charge < -0.3 is 5.11 Å². The summed E-state index contributed by atoms with van der Waals surface area (Å²) >= 11 is 0. The van der Waals surface area contributed by atoms with Crippen LogP contribution in [0.25, 0.3) is 0 Å². The van der Waals surface area contributed by atoms with Gasteiger partial charge in [-0.3, -0.25) is 0 Å². The smallest absolute Gasteiger partial charge is 0.240 e. The van der Waals surface area contributed by atoms with E-state index in [0.29, 0.717) is 5.56 Å². The van der Waals surface area contributed by atoms with Gasteiger partial charge in [-0.15, -0.1) is 0 Å². The number of hydrogen-bond acceptors (Lipinski definition) is 3. The Morgan fingerprint density at radius 3 is 2.35 bits per heavy atom. The highest BCUT2D eigenvalue weighted by Gasteiger charge is 2.14. The van der Waals surface area contributed by atoms with Crippen LogP contribution in [0.2, 0.25) is 0 Å². The summed E-state index contributed by atoms with van der Waals surface area (Å²) in [6, 6.07) is 6.06. The largest absolute Gasteiger partial charge is 0.384 e. The molecule has 0 aliphatic carbocycles. The van der Waals surface area contributed by atoms with E-state index in [1.165, 1.54) is 12.1 Å². The maximum atomic E-state index is 11.8. The highest BCUT2D eigenvalue weighted by atomic mass is 32.2. The minimum absolute atomic E-state index is 0.145. The van der Waals surface area contributed by atoms with Gasteiger partial charge in [0.15, 0.2) is 0 Å². The molecule has 0 atom stereocenters. The van der Waals surface area contributed by atoms with Crippen LogP contribution in [0.15, 0.2) is 29.2 Å². The quantitative estimate of drug-likeness (QED) is 0.780. The van der Waals surface area contributed by atoms with Gasteiger partial charge in [-0.2, -0.15) is 0 Å². The Hall–Kier alpha value is -1.35. The maximum Gasteiger partial charge on any atom is 0.240 e. The van der Waals surface area contributed by atoms with E-state index in [1.54, 1.807) is 26.0 Å². The predicted molar refractivity (Wildman–Crippen MR) is 65.9 cm³/mol. The Labute approximate surface area is 102 Å². The van der Waals surface area contributed by atoms with E-state index in [0.717, 1.165) is 0 Å². The van der Waals surface area contributed by atoms with E-state index in [4.69, 9.17) is 5.11 Å². The molecule has 0 aliphatic rings. The lowest BCUT2D eigenvalue weighted by molar-refractivity contribution is 0.350. The summed E-state index contributed by atoms with van der Waals surface area (Å²) in [5, 5.41) is 8.53. The second-order valence-corrected chi connectivity index (χ2v) is 5.47. The van der Waals surface area contributed by atoms with E-state index in [-0.39, 0.29) is 17.5 Å². The zero-order valence-corrected chi connectivity index (χ0v) is 10.6. The van der Waals surface area contributed by atoms with E-state index in [2.05, 4.69) is 16.6 Å². The van der Waals surface area contributed by atoms with Crippen LogP contribution in [-0.2, 0) is 10.0 Å². The van der Waals surface area contributed by atoms with Crippen molar-refractivity contribution < 1.29 is 13.5 Å². The van der Waals surface area contributed by atoms with Gasteiger partial charge in [-0.05, 0) is 38.1 Å². The molecule has 0 aliphatic heterocycles. The molecule has 0 aromatic heterocycles. The maximum absolute atomic E-state index is 11.8. The summed E-state index contributed by atoms with van der Waals surface area (Å²) in [7, 11) is -3.44. The fourth-order valence-corrected chi connectivity index (χ4v) is 2.49. The van der Waals surface area contributed by atoms with Gasteiger partial charge in [0.05, 0.1) is 4.90 Å². The first kappa shape index (κ1) is 13.7. The summed E-state index contributed by atoms with van der Waals surface area (Å²) in [5.74, 6) is 5.19. The number of aliphatic hydroxyl groups is 1. The van der Waals surface area contributed by atoms with Crippen LogP contribution in [0.1, 0.15) is 19.4 Å². The molecule has 2 N–H and O–H groups in total. The van der Waals surface area contributed by atoms with Gasteiger partial charge in [0.25, 0.3) is 0 Å². The lowest BCUT2D eigenvalue weighted by atomic mass is 10.2. The van der Waals surface area contributed by atoms with Gasteiger partial charge >= 0.3 is 0 Å². The number of hydrogen-bond donors (Lipinski definition) is 2. The molecule has 0 fully saturated rings. The second-order valence-electron chi connectivity index (χ2n) is 3.76. The van der Waals surface area contributed by atoms with Crippen LogP contribution in [-0.4, -0.2) is 26.2 Å². The summed E-state index contributed by atoms with van der Waals surface area (Å²) in [4.78, 5) is 0.209. The van der Waals surface area contributed by atoms with Crippen molar-refractivity contribution in [3.8, 4) is 11.8 Å². The van der Waals surface area contributed by atoms with Crippen LogP contribution < -0.4 is 4.72 Å². The molecule has 0 unspecified atom stereocenters. The molecule has 0 bridgehead atoms. The Morgan fingerprint density at radius 1 is 1.29 bits per heavy atom. The molecule has 5 heteroatoms. The van der Waals surface area contributed by atoms with Crippen LogP contribution in [0.5, 0.6) is 0 Å². The first-order chi connectivity index (χ1) is 7.95. The van der Waals surface area contributed by atoms with Gasteiger partial charge in [0.2, 0.25) is 10.0 Å². The summed E-state index contributed by atoms with van der Waals surface area (Å²) in [5.41, 5.74) is 0.669. The zero-order valence-electron chi connectivity index (χ0n) is 9.77. The van der Waals surface area contributed by atoms with Crippen molar-refractivity contribution in [3.63, 3.8) is 0 Å². The molecule has 1 aromatic rings. The third kappa shape index (κ3) is 4.19. The Kier molecular flexibility index (Phi) is 4.70. The average Bonchev–Trinajstić information content (AvgIpc) is 2.25. The Morgan fingerprint density at radius 2 is 1.88 bits per heavy atom. The fraction of sp³-hybridized carbons (Fsp3) is 0.333. The Balaban J connectivity index is 2.95. The fourth-order valence-electron chi connectivity index (χ4n) is 1.24. The van der Waals surface area contributed by atoms with Crippen molar-refractivity contribution in [2.24, 2.45) is 0 Å². The minimum atomic E-state index is -3.44. The second kappa shape index (κ2) is 5.82. The van der Waals surface area contributed by atoms with Crippen molar-refractivity contribution >= 4 is 10.0 Å².